The van der Waals surface area contributed by atoms with Crippen LogP contribution in [-0.4, -0.2) is 55.9 Å². The van der Waals surface area contributed by atoms with Crippen molar-refractivity contribution in [3.8, 4) is 5.75 Å². The molecule has 0 aromatic carbocycles. The average molecular weight is 265 g/mol. The fraction of sp³-hybridized carbons (Fsp3) is 0.643. The van der Waals surface area contributed by atoms with Crippen LogP contribution in [-0.2, 0) is 4.74 Å². The number of methoxy groups -OCH3 is 1. The van der Waals surface area contributed by atoms with Crippen molar-refractivity contribution in [1.82, 2.24) is 9.88 Å². The zero-order valence-electron chi connectivity index (χ0n) is 12.0. The van der Waals surface area contributed by atoms with E-state index in [2.05, 4.69) is 22.1 Å². The lowest BCUT2D eigenvalue weighted by Gasteiger charge is -2.30. The molecule has 0 amide bonds. The van der Waals surface area contributed by atoms with Crippen LogP contribution in [0.2, 0.25) is 0 Å². The van der Waals surface area contributed by atoms with Gasteiger partial charge < -0.3 is 14.8 Å². The number of hydrogen-bond acceptors (Lipinski definition) is 5. The van der Waals surface area contributed by atoms with E-state index in [1.165, 1.54) is 0 Å². The molecule has 1 aromatic heterocycles. The van der Waals surface area contributed by atoms with Gasteiger partial charge in [-0.2, -0.15) is 0 Å². The van der Waals surface area contributed by atoms with E-state index >= 15 is 0 Å². The molecule has 1 aliphatic heterocycles. The Morgan fingerprint density at radius 3 is 2.89 bits per heavy atom. The monoisotopic (exact) mass is 265 g/mol. The predicted molar refractivity (Wildman–Crippen MR) is 75.9 cm³/mol. The molecule has 1 unspecified atom stereocenters. The normalized spacial score (nSPS) is 18.1. The smallest absolute Gasteiger partial charge is 0.160 e. The first-order valence-corrected chi connectivity index (χ1v) is 6.76. The highest BCUT2D eigenvalue weighted by Crippen LogP contribution is 2.24. The lowest BCUT2D eigenvalue weighted by Crippen LogP contribution is -2.42. The van der Waals surface area contributed by atoms with Gasteiger partial charge in [-0.05, 0) is 19.9 Å². The van der Waals surface area contributed by atoms with E-state index in [9.17, 15) is 0 Å². The zero-order valence-corrected chi connectivity index (χ0v) is 12.0. The quantitative estimate of drug-likeness (QED) is 0.875. The third-order valence-corrected chi connectivity index (χ3v) is 3.26. The minimum atomic E-state index is 0.355. The Morgan fingerprint density at radius 1 is 1.47 bits per heavy atom. The second kappa shape index (κ2) is 6.73. The van der Waals surface area contributed by atoms with Crippen molar-refractivity contribution in [2.75, 3.05) is 45.3 Å². The molecule has 0 saturated carbocycles. The van der Waals surface area contributed by atoms with E-state index in [0.717, 1.165) is 50.0 Å². The summed E-state index contributed by atoms with van der Waals surface area (Å²) in [5.74, 6) is 0.791. The first-order valence-electron chi connectivity index (χ1n) is 6.76. The summed E-state index contributed by atoms with van der Waals surface area (Å²) in [6, 6.07) is 2.38. The summed E-state index contributed by atoms with van der Waals surface area (Å²) in [6.45, 7) is 8.88. The number of hydrogen-bond donors (Lipinski definition) is 1. The molecule has 0 spiro atoms. The molecule has 1 fully saturated rings. The molecular formula is C14H23N3O2. The van der Waals surface area contributed by atoms with Crippen LogP contribution in [0.4, 0.5) is 5.69 Å². The predicted octanol–water partition coefficient (Wildman–Crippen LogP) is 1.53. The Balaban J connectivity index is 1.93. The van der Waals surface area contributed by atoms with Crippen LogP contribution < -0.4 is 10.1 Å². The summed E-state index contributed by atoms with van der Waals surface area (Å²) in [5, 5.41) is 3.50. The van der Waals surface area contributed by atoms with Gasteiger partial charge in [0.15, 0.2) is 5.75 Å². The molecule has 0 radical (unpaired) electrons. The summed E-state index contributed by atoms with van der Waals surface area (Å²) in [5.41, 5.74) is 2.00. The first-order chi connectivity index (χ1) is 9.19. The standard InChI is InChI=1S/C14H23N3O2/c1-11-8-13(14(18-3)9-15-11)16-12(2)10-17-4-6-19-7-5-17/h8-9,12H,4-7,10H2,1-3H3,(H,15,16). The van der Waals surface area contributed by atoms with Crippen LogP contribution in [0.25, 0.3) is 0 Å². The summed E-state index contributed by atoms with van der Waals surface area (Å²) in [6.07, 6.45) is 1.76. The van der Waals surface area contributed by atoms with E-state index in [-0.39, 0.29) is 0 Å². The maximum absolute atomic E-state index is 5.36. The van der Waals surface area contributed by atoms with Gasteiger partial charge in [0.25, 0.3) is 0 Å². The van der Waals surface area contributed by atoms with Gasteiger partial charge >= 0.3 is 0 Å². The highest BCUT2D eigenvalue weighted by Gasteiger charge is 2.14. The Hall–Kier alpha value is -1.33. The second-order valence-electron chi connectivity index (χ2n) is 4.98. The zero-order chi connectivity index (χ0) is 13.7. The largest absolute Gasteiger partial charge is 0.493 e. The summed E-state index contributed by atoms with van der Waals surface area (Å²) >= 11 is 0. The lowest BCUT2D eigenvalue weighted by molar-refractivity contribution is 0.0368. The van der Waals surface area contributed by atoms with Gasteiger partial charge in [0.05, 0.1) is 32.2 Å². The molecule has 2 rings (SSSR count). The first kappa shape index (κ1) is 14.1. The van der Waals surface area contributed by atoms with Crippen LogP contribution in [0.1, 0.15) is 12.6 Å². The van der Waals surface area contributed by atoms with Crippen LogP contribution in [0, 0.1) is 6.92 Å². The van der Waals surface area contributed by atoms with Crippen LogP contribution >= 0.6 is 0 Å². The maximum atomic E-state index is 5.36. The molecule has 5 heteroatoms. The van der Waals surface area contributed by atoms with Crippen LogP contribution in [0.5, 0.6) is 5.75 Å². The fourth-order valence-corrected chi connectivity index (χ4v) is 2.30. The van der Waals surface area contributed by atoms with Gasteiger partial charge in [-0.3, -0.25) is 9.88 Å². The fourth-order valence-electron chi connectivity index (χ4n) is 2.30. The van der Waals surface area contributed by atoms with Crippen molar-refractivity contribution in [1.29, 1.82) is 0 Å². The number of morpholine rings is 1. The van der Waals surface area contributed by atoms with E-state index in [0.29, 0.717) is 6.04 Å². The van der Waals surface area contributed by atoms with E-state index < -0.39 is 0 Å². The molecule has 2 heterocycles. The van der Waals surface area contributed by atoms with Crippen LogP contribution in [0.15, 0.2) is 12.3 Å². The number of pyridine rings is 1. The van der Waals surface area contributed by atoms with Crippen molar-refractivity contribution >= 4 is 5.69 Å². The number of anilines is 1. The van der Waals surface area contributed by atoms with E-state index in [1.54, 1.807) is 13.3 Å². The number of nitrogens with zero attached hydrogens (tertiary/aromatic N) is 2. The summed E-state index contributed by atoms with van der Waals surface area (Å²) in [7, 11) is 1.67. The molecule has 1 saturated heterocycles. The Labute approximate surface area is 114 Å². The van der Waals surface area contributed by atoms with Gasteiger partial charge in [0, 0.05) is 31.4 Å². The Morgan fingerprint density at radius 2 is 2.21 bits per heavy atom. The average Bonchev–Trinajstić information content (AvgIpc) is 2.40. The number of aromatic nitrogens is 1. The van der Waals surface area contributed by atoms with Gasteiger partial charge in [0.1, 0.15) is 0 Å². The minimum absolute atomic E-state index is 0.355. The number of rotatable bonds is 5. The second-order valence-corrected chi connectivity index (χ2v) is 4.98. The topological polar surface area (TPSA) is 46.6 Å². The molecule has 5 nitrogen and oxygen atoms in total. The van der Waals surface area contributed by atoms with Gasteiger partial charge in [-0.1, -0.05) is 0 Å². The third-order valence-electron chi connectivity index (χ3n) is 3.26. The third kappa shape index (κ3) is 4.08. The number of nitrogens with one attached hydrogen (secondary N) is 1. The van der Waals surface area contributed by atoms with Crippen molar-refractivity contribution in [3.05, 3.63) is 18.0 Å². The molecular weight excluding hydrogens is 242 g/mol. The van der Waals surface area contributed by atoms with E-state index in [4.69, 9.17) is 9.47 Å². The number of aryl methyl sites for hydroxylation is 1. The van der Waals surface area contributed by atoms with Crippen molar-refractivity contribution in [2.24, 2.45) is 0 Å². The molecule has 0 bridgehead atoms. The van der Waals surface area contributed by atoms with Crippen molar-refractivity contribution in [2.45, 2.75) is 19.9 Å². The minimum Gasteiger partial charge on any atom is -0.493 e. The molecule has 0 aliphatic carbocycles. The molecule has 1 atom stereocenters. The number of ether oxygens (including phenoxy) is 2. The molecule has 106 valence electrons. The summed E-state index contributed by atoms with van der Waals surface area (Å²) < 4.78 is 10.7. The Kier molecular flexibility index (Phi) is 4.99. The van der Waals surface area contributed by atoms with Crippen LogP contribution in [0.3, 0.4) is 0 Å². The maximum Gasteiger partial charge on any atom is 0.160 e. The van der Waals surface area contributed by atoms with Crippen molar-refractivity contribution in [3.63, 3.8) is 0 Å². The van der Waals surface area contributed by atoms with Gasteiger partial charge in [-0.25, -0.2) is 0 Å². The molecule has 1 aromatic rings. The molecule has 19 heavy (non-hydrogen) atoms. The summed E-state index contributed by atoms with van der Waals surface area (Å²) in [4.78, 5) is 6.66. The SMILES string of the molecule is COc1cnc(C)cc1NC(C)CN1CCOCC1. The molecule has 1 N–H and O–H groups in total. The Bertz CT molecular complexity index is 406. The van der Waals surface area contributed by atoms with Crippen molar-refractivity contribution < 1.29 is 9.47 Å². The highest BCUT2D eigenvalue weighted by molar-refractivity contribution is 5.56. The van der Waals surface area contributed by atoms with Gasteiger partial charge in [-0.15, -0.1) is 0 Å². The highest BCUT2D eigenvalue weighted by atomic mass is 16.5. The van der Waals surface area contributed by atoms with Gasteiger partial charge in [0.2, 0.25) is 0 Å². The van der Waals surface area contributed by atoms with E-state index in [1.807, 2.05) is 13.0 Å². The lowest BCUT2D eigenvalue weighted by atomic mass is 10.2. The molecule has 1 aliphatic rings.